The number of fused-ring (bicyclic) bond motifs is 1. The van der Waals surface area contributed by atoms with Crippen molar-refractivity contribution in [2.75, 3.05) is 18.1 Å². The molecule has 98 valence electrons. The van der Waals surface area contributed by atoms with Gasteiger partial charge in [0.15, 0.2) is 0 Å². The molecule has 18 heavy (non-hydrogen) atoms. The second kappa shape index (κ2) is 5.61. The van der Waals surface area contributed by atoms with Gasteiger partial charge < -0.3 is 10.0 Å². The van der Waals surface area contributed by atoms with Crippen LogP contribution in [0.5, 0.6) is 0 Å². The molecule has 5 nitrogen and oxygen atoms in total. The largest absolute Gasteiger partial charge is 0.480 e. The highest BCUT2D eigenvalue weighted by molar-refractivity contribution is 8.00. The highest BCUT2D eigenvalue weighted by Gasteiger charge is 2.49. The zero-order valence-corrected chi connectivity index (χ0v) is 10.9. The lowest BCUT2D eigenvalue weighted by molar-refractivity contribution is -0.148. The van der Waals surface area contributed by atoms with Crippen LogP contribution in [0.3, 0.4) is 0 Å². The summed E-state index contributed by atoms with van der Waals surface area (Å²) in [6.45, 7) is 0.577. The lowest BCUT2D eigenvalue weighted by atomic mass is 9.94. The Morgan fingerprint density at radius 3 is 2.89 bits per heavy atom. The topological polar surface area (TPSA) is 81.4 Å². The number of aliphatic carboxylic acids is 1. The van der Waals surface area contributed by atoms with Crippen molar-refractivity contribution in [3.63, 3.8) is 0 Å². The minimum Gasteiger partial charge on any atom is -0.480 e. The Kier molecular flexibility index (Phi) is 4.12. The van der Waals surface area contributed by atoms with Crippen LogP contribution in [0.25, 0.3) is 0 Å². The minimum absolute atomic E-state index is 0.132. The number of carboxylic acids is 1. The molecule has 1 saturated heterocycles. The summed E-state index contributed by atoms with van der Waals surface area (Å²) in [5, 5.41) is 17.7. The van der Waals surface area contributed by atoms with E-state index in [1.165, 1.54) is 16.7 Å². The van der Waals surface area contributed by atoms with Gasteiger partial charge in [0.25, 0.3) is 0 Å². The fourth-order valence-electron chi connectivity index (χ4n) is 3.15. The first kappa shape index (κ1) is 13.2. The first-order chi connectivity index (χ1) is 8.65. The molecule has 0 radical (unpaired) electrons. The number of nitrogens with zero attached hydrogens (tertiary/aromatic N) is 2. The summed E-state index contributed by atoms with van der Waals surface area (Å²) >= 11 is 1.24. The molecule has 1 aliphatic carbocycles. The van der Waals surface area contributed by atoms with E-state index in [-0.39, 0.29) is 23.3 Å². The molecule has 3 unspecified atom stereocenters. The van der Waals surface area contributed by atoms with Crippen LogP contribution in [-0.4, -0.2) is 46.0 Å². The number of rotatable bonds is 4. The maximum absolute atomic E-state index is 12.0. The normalized spacial score (nSPS) is 29.9. The Labute approximate surface area is 110 Å². The standard InChI is InChI=1S/C12H16N2O3S/c13-4-5-18-7-10(15)14-6-8-2-1-3-9(8)11(14)12(16)17/h8-9,11H,1-3,5-7H2,(H,16,17). The van der Waals surface area contributed by atoms with Crippen LogP contribution in [0.4, 0.5) is 0 Å². The Morgan fingerprint density at radius 2 is 2.22 bits per heavy atom. The van der Waals surface area contributed by atoms with Crippen LogP contribution in [-0.2, 0) is 9.59 Å². The molecule has 1 saturated carbocycles. The van der Waals surface area contributed by atoms with Gasteiger partial charge in [-0.05, 0) is 24.7 Å². The van der Waals surface area contributed by atoms with Crippen LogP contribution in [0.15, 0.2) is 0 Å². The second-order valence-electron chi connectivity index (χ2n) is 4.83. The smallest absolute Gasteiger partial charge is 0.326 e. The van der Waals surface area contributed by atoms with Crippen molar-refractivity contribution in [3.8, 4) is 6.07 Å². The third-order valence-corrected chi connectivity index (χ3v) is 4.64. The number of thioether (sulfide) groups is 1. The van der Waals surface area contributed by atoms with E-state index in [0.29, 0.717) is 12.5 Å². The highest BCUT2D eigenvalue weighted by atomic mass is 32.2. The molecule has 2 aliphatic rings. The monoisotopic (exact) mass is 268 g/mol. The summed E-state index contributed by atoms with van der Waals surface area (Å²) in [7, 11) is 0. The van der Waals surface area contributed by atoms with Crippen molar-refractivity contribution < 1.29 is 14.7 Å². The van der Waals surface area contributed by atoms with Crippen molar-refractivity contribution in [2.45, 2.75) is 25.3 Å². The number of nitriles is 1. The van der Waals surface area contributed by atoms with E-state index < -0.39 is 12.0 Å². The van der Waals surface area contributed by atoms with Gasteiger partial charge in [-0.2, -0.15) is 5.26 Å². The Bertz CT molecular complexity index is 393. The number of carbonyl (C=O) groups excluding carboxylic acids is 1. The summed E-state index contributed by atoms with van der Waals surface area (Å²) in [6.07, 6.45) is 3.02. The molecule has 1 heterocycles. The van der Waals surface area contributed by atoms with Crippen LogP contribution in [0.2, 0.25) is 0 Å². The van der Waals surface area contributed by atoms with Crippen molar-refractivity contribution in [3.05, 3.63) is 0 Å². The van der Waals surface area contributed by atoms with E-state index in [1.807, 2.05) is 6.07 Å². The maximum Gasteiger partial charge on any atom is 0.326 e. The predicted molar refractivity (Wildman–Crippen MR) is 66.9 cm³/mol. The maximum atomic E-state index is 12.0. The average molecular weight is 268 g/mol. The van der Waals surface area contributed by atoms with Crippen molar-refractivity contribution in [1.82, 2.24) is 4.90 Å². The molecule has 6 heteroatoms. The Morgan fingerprint density at radius 1 is 1.44 bits per heavy atom. The van der Waals surface area contributed by atoms with E-state index in [0.717, 1.165) is 19.3 Å². The number of carbonyl (C=O) groups is 2. The van der Waals surface area contributed by atoms with Gasteiger partial charge in [0, 0.05) is 6.54 Å². The minimum atomic E-state index is -0.886. The highest BCUT2D eigenvalue weighted by Crippen LogP contribution is 2.42. The second-order valence-corrected chi connectivity index (χ2v) is 5.82. The van der Waals surface area contributed by atoms with Gasteiger partial charge in [0.1, 0.15) is 6.04 Å². The lowest BCUT2D eigenvalue weighted by Gasteiger charge is -2.24. The van der Waals surface area contributed by atoms with E-state index >= 15 is 0 Å². The zero-order valence-electron chi connectivity index (χ0n) is 10.0. The van der Waals surface area contributed by atoms with Gasteiger partial charge in [-0.1, -0.05) is 6.42 Å². The van der Waals surface area contributed by atoms with E-state index in [1.54, 1.807) is 0 Å². The average Bonchev–Trinajstić information content (AvgIpc) is 2.87. The van der Waals surface area contributed by atoms with E-state index in [4.69, 9.17) is 5.26 Å². The SMILES string of the molecule is N#CCSCC(=O)N1CC2CCCC2C1C(=O)O. The molecule has 3 atom stereocenters. The third-order valence-electron chi connectivity index (χ3n) is 3.86. The fraction of sp³-hybridized carbons (Fsp3) is 0.750. The third kappa shape index (κ3) is 2.46. The molecule has 2 fully saturated rings. The van der Waals surface area contributed by atoms with Crippen LogP contribution >= 0.6 is 11.8 Å². The molecule has 0 aromatic carbocycles. The summed E-state index contributed by atoms with van der Waals surface area (Å²) in [5.74, 6) is -0.0652. The zero-order chi connectivity index (χ0) is 13.1. The molecular weight excluding hydrogens is 252 g/mol. The Hall–Kier alpha value is -1.22. The molecule has 0 spiro atoms. The van der Waals surface area contributed by atoms with E-state index in [9.17, 15) is 14.7 Å². The first-order valence-electron chi connectivity index (χ1n) is 6.12. The summed E-state index contributed by atoms with van der Waals surface area (Å²) in [5.41, 5.74) is 0. The molecule has 1 N–H and O–H groups in total. The van der Waals surface area contributed by atoms with Crippen molar-refractivity contribution in [1.29, 1.82) is 5.26 Å². The van der Waals surface area contributed by atoms with Gasteiger partial charge in [0.2, 0.25) is 5.91 Å². The summed E-state index contributed by atoms with van der Waals surface area (Å²) in [4.78, 5) is 24.8. The molecule has 1 amide bonds. The van der Waals surface area contributed by atoms with Gasteiger partial charge >= 0.3 is 5.97 Å². The number of likely N-dealkylation sites (tertiary alicyclic amines) is 1. The van der Waals surface area contributed by atoms with Crippen LogP contribution in [0.1, 0.15) is 19.3 Å². The number of hydrogen-bond acceptors (Lipinski definition) is 4. The fourth-order valence-corrected chi connectivity index (χ4v) is 3.68. The lowest BCUT2D eigenvalue weighted by Crippen LogP contribution is -2.44. The first-order valence-corrected chi connectivity index (χ1v) is 7.27. The van der Waals surface area contributed by atoms with Crippen LogP contribution in [0, 0.1) is 23.2 Å². The van der Waals surface area contributed by atoms with Gasteiger partial charge in [-0.15, -0.1) is 11.8 Å². The van der Waals surface area contributed by atoms with Gasteiger partial charge in [0.05, 0.1) is 17.6 Å². The van der Waals surface area contributed by atoms with Crippen molar-refractivity contribution in [2.24, 2.45) is 11.8 Å². The molecule has 0 aromatic rings. The quantitative estimate of drug-likeness (QED) is 0.768. The Balaban J connectivity index is 2.01. The number of carboxylic acid groups (broad SMARTS) is 1. The number of amides is 1. The molecule has 2 rings (SSSR count). The molecule has 1 aliphatic heterocycles. The molecular formula is C12H16N2O3S. The van der Waals surface area contributed by atoms with Gasteiger partial charge in [-0.25, -0.2) is 4.79 Å². The van der Waals surface area contributed by atoms with E-state index in [2.05, 4.69) is 0 Å². The van der Waals surface area contributed by atoms with Crippen LogP contribution < -0.4 is 0 Å². The predicted octanol–water partition coefficient (Wildman–Crippen LogP) is 0.955. The number of hydrogen-bond donors (Lipinski definition) is 1. The van der Waals surface area contributed by atoms with Gasteiger partial charge in [-0.3, -0.25) is 4.79 Å². The summed E-state index contributed by atoms with van der Waals surface area (Å²) < 4.78 is 0. The molecule has 0 bridgehead atoms. The summed E-state index contributed by atoms with van der Waals surface area (Å²) in [6, 6.07) is 1.32. The van der Waals surface area contributed by atoms with Crippen molar-refractivity contribution >= 4 is 23.6 Å². The molecule has 0 aromatic heterocycles.